The van der Waals surface area contributed by atoms with Gasteiger partial charge in [0, 0.05) is 18.7 Å². The Balaban J connectivity index is 2.82. The van der Waals surface area contributed by atoms with Crippen molar-refractivity contribution in [2.75, 3.05) is 0 Å². The minimum atomic E-state index is -0.258. The van der Waals surface area contributed by atoms with Gasteiger partial charge in [-0.05, 0) is 32.4 Å². The number of carbonyl (C=O) groups excluding carboxylic acids is 1. The zero-order valence-corrected chi connectivity index (χ0v) is 12.1. The second-order valence-electron chi connectivity index (χ2n) is 4.08. The third kappa shape index (κ3) is 4.84. The Bertz CT molecular complexity index is 460. The van der Waals surface area contributed by atoms with Crippen molar-refractivity contribution in [1.82, 2.24) is 4.98 Å². The molecule has 0 unspecified atom stereocenters. The van der Waals surface area contributed by atoms with Crippen LogP contribution >= 0.6 is 11.3 Å². The van der Waals surface area contributed by atoms with E-state index in [9.17, 15) is 4.79 Å². The van der Waals surface area contributed by atoms with Crippen LogP contribution in [0.2, 0.25) is 0 Å². The summed E-state index contributed by atoms with van der Waals surface area (Å²) in [7, 11) is 0. The molecule has 0 saturated heterocycles. The van der Waals surface area contributed by atoms with Crippen molar-refractivity contribution in [3.8, 4) is 0 Å². The lowest BCUT2D eigenvalue weighted by Crippen LogP contribution is -2.16. The number of thiazole rings is 1. The topological polar surface area (TPSA) is 39.2 Å². The van der Waals surface area contributed by atoms with E-state index in [1.54, 1.807) is 11.3 Å². The Labute approximate surface area is 112 Å². The first-order valence-electron chi connectivity index (χ1n) is 5.91. The molecule has 1 heterocycles. The van der Waals surface area contributed by atoms with Gasteiger partial charge in [0.05, 0.1) is 10.7 Å². The van der Waals surface area contributed by atoms with Crippen LogP contribution in [0.4, 0.5) is 0 Å². The number of aromatic nitrogens is 1. The van der Waals surface area contributed by atoms with Gasteiger partial charge in [-0.3, -0.25) is 4.79 Å². The summed E-state index contributed by atoms with van der Waals surface area (Å²) < 4.78 is 5.31. The Morgan fingerprint density at radius 1 is 1.56 bits per heavy atom. The van der Waals surface area contributed by atoms with E-state index in [1.807, 2.05) is 44.4 Å². The lowest BCUT2D eigenvalue weighted by molar-refractivity contribution is -0.144. The van der Waals surface area contributed by atoms with Gasteiger partial charge < -0.3 is 4.74 Å². The van der Waals surface area contributed by atoms with E-state index in [0.29, 0.717) is 6.42 Å². The molecular weight excluding hydrogens is 246 g/mol. The fourth-order valence-electron chi connectivity index (χ4n) is 1.56. The maximum Gasteiger partial charge on any atom is 0.303 e. The van der Waals surface area contributed by atoms with Gasteiger partial charge in [-0.15, -0.1) is 11.3 Å². The van der Waals surface area contributed by atoms with E-state index in [0.717, 1.165) is 16.3 Å². The standard InChI is InChI=1S/C14H19NO2S/c1-5-6-7-14(17-12(4)16)10(2)8-13-9-18-11(3)15-13/h5-6,8-9,14H,7H2,1-4H3/b6-5-,10-8+/t14-/m0/s1. The van der Waals surface area contributed by atoms with Crippen LogP contribution < -0.4 is 0 Å². The molecule has 0 radical (unpaired) electrons. The maximum absolute atomic E-state index is 11.1. The molecule has 0 aromatic carbocycles. The zero-order chi connectivity index (χ0) is 13.5. The normalized spacial score (nSPS) is 13.9. The van der Waals surface area contributed by atoms with Crippen LogP contribution in [-0.4, -0.2) is 17.1 Å². The minimum absolute atomic E-state index is 0.208. The van der Waals surface area contributed by atoms with Crippen molar-refractivity contribution < 1.29 is 9.53 Å². The number of nitrogens with zero attached hydrogens (tertiary/aromatic N) is 1. The summed E-state index contributed by atoms with van der Waals surface area (Å²) >= 11 is 1.61. The summed E-state index contributed by atoms with van der Waals surface area (Å²) in [5, 5.41) is 3.03. The summed E-state index contributed by atoms with van der Waals surface area (Å²) in [5.74, 6) is -0.258. The van der Waals surface area contributed by atoms with Gasteiger partial charge in [-0.25, -0.2) is 4.98 Å². The molecule has 0 bridgehead atoms. The molecule has 0 amide bonds. The number of carbonyl (C=O) groups is 1. The molecule has 0 N–H and O–H groups in total. The Kier molecular flexibility index (Phi) is 5.78. The molecule has 0 saturated carbocycles. The van der Waals surface area contributed by atoms with E-state index in [-0.39, 0.29) is 12.1 Å². The predicted octanol–water partition coefficient (Wildman–Crippen LogP) is 3.75. The van der Waals surface area contributed by atoms with Gasteiger partial charge in [0.2, 0.25) is 0 Å². The third-order valence-corrected chi connectivity index (χ3v) is 3.21. The second-order valence-corrected chi connectivity index (χ2v) is 5.14. The highest BCUT2D eigenvalue weighted by atomic mass is 32.1. The van der Waals surface area contributed by atoms with Crippen LogP contribution in [-0.2, 0) is 9.53 Å². The molecule has 0 aliphatic carbocycles. The van der Waals surface area contributed by atoms with Gasteiger partial charge in [0.25, 0.3) is 0 Å². The predicted molar refractivity (Wildman–Crippen MR) is 75.5 cm³/mol. The second kappa shape index (κ2) is 7.11. The Morgan fingerprint density at radius 2 is 2.28 bits per heavy atom. The summed E-state index contributed by atoms with van der Waals surface area (Å²) in [5.41, 5.74) is 1.93. The number of aryl methyl sites for hydroxylation is 1. The van der Waals surface area contributed by atoms with Gasteiger partial charge >= 0.3 is 5.97 Å². The number of rotatable bonds is 5. The molecule has 0 aliphatic rings. The van der Waals surface area contributed by atoms with Crippen LogP contribution in [0.3, 0.4) is 0 Å². The van der Waals surface area contributed by atoms with Crippen LogP contribution in [0, 0.1) is 6.92 Å². The maximum atomic E-state index is 11.1. The van der Waals surface area contributed by atoms with E-state index >= 15 is 0 Å². The van der Waals surface area contributed by atoms with Crippen molar-refractivity contribution in [1.29, 1.82) is 0 Å². The smallest absolute Gasteiger partial charge is 0.303 e. The average Bonchev–Trinajstić information content (AvgIpc) is 2.69. The summed E-state index contributed by atoms with van der Waals surface area (Å²) in [6, 6.07) is 0. The van der Waals surface area contributed by atoms with Crippen molar-refractivity contribution in [2.45, 2.75) is 40.2 Å². The number of allylic oxidation sites excluding steroid dienone is 1. The first-order valence-corrected chi connectivity index (χ1v) is 6.79. The molecule has 1 aromatic heterocycles. The molecule has 98 valence electrons. The van der Waals surface area contributed by atoms with E-state index in [4.69, 9.17) is 4.74 Å². The SMILES string of the molecule is C/C=C\C[C@H](OC(C)=O)/C(C)=C/c1csc(C)n1. The fourth-order valence-corrected chi connectivity index (χ4v) is 2.13. The van der Waals surface area contributed by atoms with E-state index < -0.39 is 0 Å². The summed E-state index contributed by atoms with van der Waals surface area (Å²) in [6.45, 7) is 7.32. The largest absolute Gasteiger partial charge is 0.458 e. The zero-order valence-electron chi connectivity index (χ0n) is 11.3. The van der Waals surface area contributed by atoms with Crippen molar-refractivity contribution >= 4 is 23.4 Å². The minimum Gasteiger partial charge on any atom is -0.458 e. The summed E-state index contributed by atoms with van der Waals surface area (Å²) in [4.78, 5) is 15.5. The fraction of sp³-hybridized carbons (Fsp3) is 0.429. The van der Waals surface area contributed by atoms with Crippen molar-refractivity contribution in [3.63, 3.8) is 0 Å². The van der Waals surface area contributed by atoms with Crippen LogP contribution in [0.25, 0.3) is 6.08 Å². The van der Waals surface area contributed by atoms with Crippen molar-refractivity contribution in [2.24, 2.45) is 0 Å². The lowest BCUT2D eigenvalue weighted by atomic mass is 10.1. The van der Waals surface area contributed by atoms with Crippen LogP contribution in [0.5, 0.6) is 0 Å². The average molecular weight is 265 g/mol. The number of hydrogen-bond acceptors (Lipinski definition) is 4. The van der Waals surface area contributed by atoms with Gasteiger partial charge in [0.1, 0.15) is 6.10 Å². The Hall–Kier alpha value is -1.42. The van der Waals surface area contributed by atoms with Crippen molar-refractivity contribution in [3.05, 3.63) is 33.8 Å². The van der Waals surface area contributed by atoms with Crippen LogP contribution in [0.15, 0.2) is 23.1 Å². The number of esters is 1. The first-order chi connectivity index (χ1) is 8.52. The molecule has 0 spiro atoms. The van der Waals surface area contributed by atoms with E-state index in [2.05, 4.69) is 4.98 Å². The lowest BCUT2D eigenvalue weighted by Gasteiger charge is -2.15. The highest BCUT2D eigenvalue weighted by molar-refractivity contribution is 7.09. The van der Waals surface area contributed by atoms with Crippen LogP contribution in [0.1, 0.15) is 37.9 Å². The molecule has 1 rings (SSSR count). The number of hydrogen-bond donors (Lipinski definition) is 0. The molecular formula is C14H19NO2S. The summed E-state index contributed by atoms with van der Waals surface area (Å²) in [6.07, 6.45) is 6.41. The highest BCUT2D eigenvalue weighted by Gasteiger charge is 2.13. The number of ether oxygens (including phenoxy) is 1. The molecule has 4 heteroatoms. The molecule has 3 nitrogen and oxygen atoms in total. The van der Waals surface area contributed by atoms with Gasteiger partial charge in [-0.1, -0.05) is 12.2 Å². The third-order valence-electron chi connectivity index (χ3n) is 2.41. The molecule has 18 heavy (non-hydrogen) atoms. The molecule has 0 aliphatic heterocycles. The highest BCUT2D eigenvalue weighted by Crippen LogP contribution is 2.17. The van der Waals surface area contributed by atoms with Gasteiger partial charge in [-0.2, -0.15) is 0 Å². The quantitative estimate of drug-likeness (QED) is 0.601. The molecule has 1 atom stereocenters. The Morgan fingerprint density at radius 3 is 2.78 bits per heavy atom. The first kappa shape index (κ1) is 14.6. The van der Waals surface area contributed by atoms with E-state index in [1.165, 1.54) is 6.92 Å². The molecule has 0 fully saturated rings. The molecule has 1 aromatic rings. The monoisotopic (exact) mass is 265 g/mol. The van der Waals surface area contributed by atoms with Gasteiger partial charge in [0.15, 0.2) is 0 Å².